The van der Waals surface area contributed by atoms with E-state index in [9.17, 15) is 9.59 Å². The summed E-state index contributed by atoms with van der Waals surface area (Å²) in [7, 11) is 0. The number of hydrogen-bond acceptors (Lipinski definition) is 4. The van der Waals surface area contributed by atoms with Crippen molar-refractivity contribution in [2.75, 3.05) is 18.5 Å². The van der Waals surface area contributed by atoms with Crippen LogP contribution in [0.25, 0.3) is 0 Å². The van der Waals surface area contributed by atoms with Crippen LogP contribution in [0, 0.1) is 0 Å². The molecule has 1 rings (SSSR count). The Morgan fingerprint density at radius 1 is 1.20 bits per heavy atom. The molecule has 0 saturated carbocycles. The Morgan fingerprint density at radius 3 is 2.40 bits per heavy atom. The zero-order valence-corrected chi connectivity index (χ0v) is 12.2. The van der Waals surface area contributed by atoms with Gasteiger partial charge in [-0.05, 0) is 44.5 Å². The van der Waals surface area contributed by atoms with E-state index in [1.54, 1.807) is 31.2 Å². The van der Waals surface area contributed by atoms with Crippen molar-refractivity contribution in [3.63, 3.8) is 0 Å². The molecule has 110 valence electrons. The Morgan fingerprint density at radius 2 is 1.85 bits per heavy atom. The minimum atomic E-state index is -0.339. The highest BCUT2D eigenvalue weighted by atomic mass is 16.5. The Kier molecular flexibility index (Phi) is 6.56. The monoisotopic (exact) mass is 278 g/mol. The summed E-state index contributed by atoms with van der Waals surface area (Å²) in [5.74, 6) is -0.387. The highest BCUT2D eigenvalue weighted by Gasteiger charge is 2.07. The van der Waals surface area contributed by atoms with Crippen LogP contribution >= 0.6 is 0 Å². The van der Waals surface area contributed by atoms with Crippen LogP contribution in [0.4, 0.5) is 5.69 Å². The summed E-state index contributed by atoms with van der Waals surface area (Å²) in [5, 5.41) is 5.88. The van der Waals surface area contributed by atoms with Crippen molar-refractivity contribution in [3.05, 3.63) is 29.8 Å². The topological polar surface area (TPSA) is 67.4 Å². The highest BCUT2D eigenvalue weighted by molar-refractivity contribution is 5.90. The van der Waals surface area contributed by atoms with Crippen LogP contribution in [-0.2, 0) is 9.53 Å². The van der Waals surface area contributed by atoms with E-state index in [0.29, 0.717) is 12.2 Å². The van der Waals surface area contributed by atoms with Crippen molar-refractivity contribution in [2.24, 2.45) is 0 Å². The Labute approximate surface area is 119 Å². The van der Waals surface area contributed by atoms with Crippen LogP contribution in [0.1, 0.15) is 37.6 Å². The number of ether oxygens (including phenoxy) is 1. The number of benzene rings is 1. The van der Waals surface area contributed by atoms with Gasteiger partial charge in [0.25, 0.3) is 0 Å². The fourth-order valence-corrected chi connectivity index (χ4v) is 1.55. The molecule has 0 heterocycles. The van der Waals surface area contributed by atoms with Crippen molar-refractivity contribution >= 4 is 17.6 Å². The van der Waals surface area contributed by atoms with E-state index in [-0.39, 0.29) is 24.5 Å². The lowest BCUT2D eigenvalue weighted by Crippen LogP contribution is -2.36. The lowest BCUT2D eigenvalue weighted by molar-refractivity contribution is -0.120. The van der Waals surface area contributed by atoms with Gasteiger partial charge in [0.15, 0.2) is 0 Å². The molecule has 0 bridgehead atoms. The first kappa shape index (κ1) is 16.0. The third-order valence-corrected chi connectivity index (χ3v) is 2.87. The Bertz CT molecular complexity index is 443. The molecular formula is C15H22N2O3. The molecule has 2 N–H and O–H groups in total. The van der Waals surface area contributed by atoms with Crippen molar-refractivity contribution in [3.8, 4) is 0 Å². The second-order valence-corrected chi connectivity index (χ2v) is 4.53. The van der Waals surface area contributed by atoms with Gasteiger partial charge in [0.2, 0.25) is 5.91 Å². The number of anilines is 1. The maximum Gasteiger partial charge on any atom is 0.338 e. The van der Waals surface area contributed by atoms with Crippen molar-refractivity contribution in [1.29, 1.82) is 0 Å². The minimum Gasteiger partial charge on any atom is -0.462 e. The molecule has 0 fully saturated rings. The standard InChI is InChI=1S/C15H22N2O3/c1-4-11(3)17-14(18)10-16-13-8-6-12(7-9-13)15(19)20-5-2/h6-9,11,16H,4-5,10H2,1-3H3,(H,17,18). The average Bonchev–Trinajstić information content (AvgIpc) is 2.45. The fourth-order valence-electron chi connectivity index (χ4n) is 1.55. The van der Waals surface area contributed by atoms with E-state index < -0.39 is 0 Å². The summed E-state index contributed by atoms with van der Waals surface area (Å²) < 4.78 is 4.90. The van der Waals surface area contributed by atoms with Gasteiger partial charge in [-0.15, -0.1) is 0 Å². The second-order valence-electron chi connectivity index (χ2n) is 4.53. The fraction of sp³-hybridized carbons (Fsp3) is 0.467. The first-order chi connectivity index (χ1) is 9.56. The van der Waals surface area contributed by atoms with Gasteiger partial charge < -0.3 is 15.4 Å². The zero-order valence-electron chi connectivity index (χ0n) is 12.2. The Balaban J connectivity index is 2.45. The van der Waals surface area contributed by atoms with Crippen molar-refractivity contribution < 1.29 is 14.3 Å². The van der Waals surface area contributed by atoms with E-state index in [1.165, 1.54) is 0 Å². The molecule has 5 heteroatoms. The van der Waals surface area contributed by atoms with Crippen LogP contribution in [-0.4, -0.2) is 31.1 Å². The molecule has 0 aliphatic rings. The van der Waals surface area contributed by atoms with Gasteiger partial charge in [0.05, 0.1) is 18.7 Å². The summed E-state index contributed by atoms with van der Waals surface area (Å²) in [4.78, 5) is 23.1. The largest absolute Gasteiger partial charge is 0.462 e. The van der Waals surface area contributed by atoms with E-state index in [4.69, 9.17) is 4.74 Å². The first-order valence-corrected chi connectivity index (χ1v) is 6.87. The van der Waals surface area contributed by atoms with Gasteiger partial charge in [-0.1, -0.05) is 6.92 Å². The predicted molar refractivity (Wildman–Crippen MR) is 78.8 cm³/mol. The van der Waals surface area contributed by atoms with E-state index in [1.807, 2.05) is 13.8 Å². The van der Waals surface area contributed by atoms with E-state index >= 15 is 0 Å². The summed E-state index contributed by atoms with van der Waals surface area (Å²) in [6.45, 7) is 6.32. The molecule has 0 aliphatic carbocycles. The molecular weight excluding hydrogens is 256 g/mol. The maximum atomic E-state index is 11.6. The lowest BCUT2D eigenvalue weighted by atomic mass is 10.2. The van der Waals surface area contributed by atoms with Gasteiger partial charge >= 0.3 is 5.97 Å². The molecule has 0 aliphatic heterocycles. The molecule has 20 heavy (non-hydrogen) atoms. The highest BCUT2D eigenvalue weighted by Crippen LogP contribution is 2.10. The molecule has 1 aromatic rings. The van der Waals surface area contributed by atoms with E-state index in [0.717, 1.165) is 12.1 Å². The molecule has 1 amide bonds. The number of carbonyl (C=O) groups is 2. The molecule has 1 atom stereocenters. The van der Waals surface area contributed by atoms with Gasteiger partial charge in [0.1, 0.15) is 0 Å². The summed E-state index contributed by atoms with van der Waals surface area (Å²) in [6.07, 6.45) is 0.903. The molecule has 0 aromatic heterocycles. The molecule has 1 unspecified atom stereocenters. The average molecular weight is 278 g/mol. The van der Waals surface area contributed by atoms with Gasteiger partial charge in [0, 0.05) is 11.7 Å². The van der Waals surface area contributed by atoms with Gasteiger partial charge in [-0.3, -0.25) is 4.79 Å². The summed E-state index contributed by atoms with van der Waals surface area (Å²) in [6, 6.07) is 7.03. The molecule has 0 spiro atoms. The first-order valence-electron chi connectivity index (χ1n) is 6.87. The third kappa shape index (κ3) is 5.30. The van der Waals surface area contributed by atoms with Crippen LogP contribution in [0.15, 0.2) is 24.3 Å². The third-order valence-electron chi connectivity index (χ3n) is 2.87. The van der Waals surface area contributed by atoms with Crippen LogP contribution in [0.2, 0.25) is 0 Å². The second kappa shape index (κ2) is 8.19. The number of rotatable bonds is 7. The Hall–Kier alpha value is -2.04. The maximum absolute atomic E-state index is 11.6. The minimum absolute atomic E-state index is 0.0474. The molecule has 0 radical (unpaired) electrons. The number of amides is 1. The van der Waals surface area contributed by atoms with Crippen molar-refractivity contribution in [1.82, 2.24) is 5.32 Å². The number of hydrogen-bond donors (Lipinski definition) is 2. The normalized spacial score (nSPS) is 11.6. The van der Waals surface area contributed by atoms with Crippen molar-refractivity contribution in [2.45, 2.75) is 33.2 Å². The molecule has 5 nitrogen and oxygen atoms in total. The zero-order chi connectivity index (χ0) is 15.0. The van der Waals surface area contributed by atoms with Crippen LogP contribution < -0.4 is 10.6 Å². The SMILES string of the molecule is CCOC(=O)c1ccc(NCC(=O)NC(C)CC)cc1. The van der Waals surface area contributed by atoms with Crippen LogP contribution in [0.3, 0.4) is 0 Å². The lowest BCUT2D eigenvalue weighted by Gasteiger charge is -2.12. The van der Waals surface area contributed by atoms with Gasteiger partial charge in [-0.2, -0.15) is 0 Å². The quantitative estimate of drug-likeness (QED) is 0.750. The summed E-state index contributed by atoms with van der Waals surface area (Å²) >= 11 is 0. The summed E-state index contributed by atoms with van der Waals surface area (Å²) in [5.41, 5.74) is 1.29. The molecule has 0 saturated heterocycles. The van der Waals surface area contributed by atoms with Gasteiger partial charge in [-0.25, -0.2) is 4.79 Å². The number of esters is 1. The molecule has 1 aromatic carbocycles. The number of carbonyl (C=O) groups excluding carboxylic acids is 2. The smallest absolute Gasteiger partial charge is 0.338 e. The van der Waals surface area contributed by atoms with E-state index in [2.05, 4.69) is 10.6 Å². The predicted octanol–water partition coefficient (Wildman–Crippen LogP) is 2.19. The number of nitrogens with one attached hydrogen (secondary N) is 2. The van der Waals surface area contributed by atoms with Crippen LogP contribution in [0.5, 0.6) is 0 Å².